The average Bonchev–Trinajstić information content (AvgIpc) is 3.03. The van der Waals surface area contributed by atoms with Crippen molar-refractivity contribution in [2.24, 2.45) is 0 Å². The Morgan fingerprint density at radius 2 is 1.31 bits per heavy atom. The second-order valence-electron chi connectivity index (χ2n) is 5.99. The van der Waals surface area contributed by atoms with E-state index in [9.17, 15) is 13.2 Å². The number of benzene rings is 3. The van der Waals surface area contributed by atoms with Crippen molar-refractivity contribution in [3.05, 3.63) is 84.6 Å². The van der Waals surface area contributed by atoms with Crippen molar-refractivity contribution in [1.29, 1.82) is 0 Å². The maximum Gasteiger partial charge on any atom is 0.431 e. The van der Waals surface area contributed by atoms with Crippen LogP contribution in [0.1, 0.15) is 5.69 Å². The standard InChI is InChI=1S/C21H15F3N2/c22-21(23,24)20-19(17-8-4-5-9-18(17)26-20)14-10-12-16(13-11-14)25-15-6-2-1-3-7-15/h1-13,25-26H. The first-order valence-electron chi connectivity index (χ1n) is 8.13. The molecule has 1 heterocycles. The Labute approximate surface area is 148 Å². The normalized spacial score (nSPS) is 11.7. The lowest BCUT2D eigenvalue weighted by Gasteiger charge is -2.10. The number of para-hydroxylation sites is 2. The van der Waals surface area contributed by atoms with Gasteiger partial charge in [-0.2, -0.15) is 13.2 Å². The maximum absolute atomic E-state index is 13.5. The van der Waals surface area contributed by atoms with Crippen LogP contribution in [0.5, 0.6) is 0 Å². The number of hydrogen-bond donors (Lipinski definition) is 2. The van der Waals surface area contributed by atoms with Gasteiger partial charge in [-0.1, -0.05) is 48.5 Å². The van der Waals surface area contributed by atoms with E-state index in [1.165, 1.54) is 0 Å². The van der Waals surface area contributed by atoms with Gasteiger partial charge in [0.2, 0.25) is 0 Å². The zero-order valence-corrected chi connectivity index (χ0v) is 13.6. The highest BCUT2D eigenvalue weighted by molar-refractivity contribution is 5.98. The van der Waals surface area contributed by atoms with E-state index in [1.807, 2.05) is 30.3 Å². The van der Waals surface area contributed by atoms with Gasteiger partial charge in [-0.25, -0.2) is 0 Å². The molecule has 0 bridgehead atoms. The van der Waals surface area contributed by atoms with E-state index in [0.29, 0.717) is 16.5 Å². The van der Waals surface area contributed by atoms with Crippen molar-refractivity contribution < 1.29 is 13.2 Å². The van der Waals surface area contributed by atoms with Gasteiger partial charge in [-0.3, -0.25) is 0 Å². The van der Waals surface area contributed by atoms with E-state index in [-0.39, 0.29) is 5.56 Å². The van der Waals surface area contributed by atoms with Crippen LogP contribution in [0, 0.1) is 0 Å². The number of anilines is 2. The Balaban J connectivity index is 1.76. The molecule has 0 saturated heterocycles. The fourth-order valence-electron chi connectivity index (χ4n) is 3.06. The van der Waals surface area contributed by atoms with Crippen LogP contribution in [0.3, 0.4) is 0 Å². The van der Waals surface area contributed by atoms with Crippen molar-refractivity contribution in [2.45, 2.75) is 6.18 Å². The fraction of sp³-hybridized carbons (Fsp3) is 0.0476. The Bertz CT molecular complexity index is 1030. The molecular weight excluding hydrogens is 337 g/mol. The largest absolute Gasteiger partial charge is 0.431 e. The summed E-state index contributed by atoms with van der Waals surface area (Å²) >= 11 is 0. The number of H-pyrrole nitrogens is 1. The van der Waals surface area contributed by atoms with Crippen LogP contribution < -0.4 is 5.32 Å². The van der Waals surface area contributed by atoms with Gasteiger partial charge in [0, 0.05) is 27.8 Å². The third kappa shape index (κ3) is 3.04. The summed E-state index contributed by atoms with van der Waals surface area (Å²) in [5, 5.41) is 3.79. The molecule has 0 fully saturated rings. The number of rotatable bonds is 3. The summed E-state index contributed by atoms with van der Waals surface area (Å²) in [6.07, 6.45) is -4.45. The Hall–Kier alpha value is -3.21. The van der Waals surface area contributed by atoms with E-state index in [1.54, 1.807) is 48.5 Å². The molecule has 26 heavy (non-hydrogen) atoms. The molecule has 0 atom stereocenters. The minimum absolute atomic E-state index is 0.180. The number of halogens is 3. The molecule has 130 valence electrons. The van der Waals surface area contributed by atoms with Gasteiger partial charge in [0.25, 0.3) is 0 Å². The van der Waals surface area contributed by atoms with E-state index >= 15 is 0 Å². The third-order valence-electron chi connectivity index (χ3n) is 4.23. The van der Waals surface area contributed by atoms with Gasteiger partial charge in [-0.05, 0) is 35.9 Å². The van der Waals surface area contributed by atoms with Gasteiger partial charge < -0.3 is 10.3 Å². The molecule has 0 aliphatic heterocycles. The van der Waals surface area contributed by atoms with Crippen molar-refractivity contribution in [3.8, 4) is 11.1 Å². The summed E-state index contributed by atoms with van der Waals surface area (Å²) in [6, 6.07) is 23.4. The first-order valence-corrected chi connectivity index (χ1v) is 8.13. The van der Waals surface area contributed by atoms with Crippen LogP contribution in [-0.2, 0) is 6.18 Å². The molecule has 0 amide bonds. The summed E-state index contributed by atoms with van der Waals surface area (Å²) in [6.45, 7) is 0. The Morgan fingerprint density at radius 3 is 2.00 bits per heavy atom. The second-order valence-corrected chi connectivity index (χ2v) is 5.99. The van der Waals surface area contributed by atoms with Crippen molar-refractivity contribution in [1.82, 2.24) is 4.98 Å². The summed E-state index contributed by atoms with van der Waals surface area (Å²) < 4.78 is 40.5. The molecule has 0 aliphatic rings. The minimum Gasteiger partial charge on any atom is -0.356 e. The van der Waals surface area contributed by atoms with Crippen LogP contribution in [0.15, 0.2) is 78.9 Å². The lowest BCUT2D eigenvalue weighted by Crippen LogP contribution is -2.07. The van der Waals surface area contributed by atoms with Crippen LogP contribution >= 0.6 is 0 Å². The van der Waals surface area contributed by atoms with Gasteiger partial charge >= 0.3 is 6.18 Å². The first kappa shape index (κ1) is 16.3. The number of aromatic amines is 1. The number of alkyl halides is 3. The molecule has 0 saturated carbocycles. The minimum atomic E-state index is -4.45. The zero-order chi connectivity index (χ0) is 18.1. The van der Waals surface area contributed by atoms with Crippen LogP contribution in [0.2, 0.25) is 0 Å². The molecule has 4 aromatic rings. The highest BCUT2D eigenvalue weighted by atomic mass is 19.4. The van der Waals surface area contributed by atoms with Crippen LogP contribution in [0.4, 0.5) is 24.5 Å². The van der Waals surface area contributed by atoms with E-state index in [4.69, 9.17) is 0 Å². The third-order valence-corrected chi connectivity index (χ3v) is 4.23. The highest BCUT2D eigenvalue weighted by Crippen LogP contribution is 2.41. The number of hydrogen-bond acceptors (Lipinski definition) is 1. The van der Waals surface area contributed by atoms with Gasteiger partial charge in [0.1, 0.15) is 5.69 Å². The molecule has 1 aromatic heterocycles. The van der Waals surface area contributed by atoms with E-state index < -0.39 is 11.9 Å². The van der Waals surface area contributed by atoms with Crippen LogP contribution in [0.25, 0.3) is 22.0 Å². The summed E-state index contributed by atoms with van der Waals surface area (Å²) in [5.74, 6) is 0. The molecular formula is C21H15F3N2. The van der Waals surface area contributed by atoms with Gasteiger partial charge in [0.05, 0.1) is 0 Å². The SMILES string of the molecule is FC(F)(F)c1[nH]c2ccccc2c1-c1ccc(Nc2ccccc2)cc1. The summed E-state index contributed by atoms with van der Waals surface area (Å²) in [4.78, 5) is 2.52. The molecule has 2 nitrogen and oxygen atoms in total. The predicted molar refractivity (Wildman–Crippen MR) is 98.5 cm³/mol. The molecule has 0 unspecified atom stereocenters. The van der Waals surface area contributed by atoms with Gasteiger partial charge in [-0.15, -0.1) is 0 Å². The molecule has 2 N–H and O–H groups in total. The van der Waals surface area contributed by atoms with Crippen molar-refractivity contribution in [3.63, 3.8) is 0 Å². The van der Waals surface area contributed by atoms with Crippen LogP contribution in [-0.4, -0.2) is 4.98 Å². The molecule has 0 radical (unpaired) electrons. The highest BCUT2D eigenvalue weighted by Gasteiger charge is 2.36. The summed E-state index contributed by atoms with van der Waals surface area (Å²) in [5.41, 5.74) is 2.19. The predicted octanol–water partition coefficient (Wildman–Crippen LogP) is 6.60. The quantitative estimate of drug-likeness (QED) is 0.427. The first-order chi connectivity index (χ1) is 12.5. The number of fused-ring (bicyclic) bond motifs is 1. The lowest BCUT2D eigenvalue weighted by molar-refractivity contribution is -0.140. The zero-order valence-electron chi connectivity index (χ0n) is 13.6. The smallest absolute Gasteiger partial charge is 0.356 e. The average molecular weight is 352 g/mol. The fourth-order valence-corrected chi connectivity index (χ4v) is 3.06. The Morgan fingerprint density at radius 1 is 0.692 bits per heavy atom. The van der Waals surface area contributed by atoms with Crippen molar-refractivity contribution in [2.75, 3.05) is 5.32 Å². The monoisotopic (exact) mass is 352 g/mol. The lowest BCUT2D eigenvalue weighted by atomic mass is 10.0. The molecule has 5 heteroatoms. The summed E-state index contributed by atoms with van der Waals surface area (Å²) in [7, 11) is 0. The molecule has 0 aliphatic carbocycles. The van der Waals surface area contributed by atoms with E-state index in [0.717, 1.165) is 11.4 Å². The molecule has 0 spiro atoms. The molecule has 4 rings (SSSR count). The second kappa shape index (κ2) is 6.26. The number of nitrogens with one attached hydrogen (secondary N) is 2. The Kier molecular flexibility index (Phi) is 3.92. The number of aromatic nitrogens is 1. The van der Waals surface area contributed by atoms with E-state index in [2.05, 4.69) is 10.3 Å². The molecule has 3 aromatic carbocycles. The maximum atomic E-state index is 13.5. The topological polar surface area (TPSA) is 27.8 Å². The van der Waals surface area contributed by atoms with Crippen molar-refractivity contribution >= 4 is 22.3 Å². The van der Waals surface area contributed by atoms with Gasteiger partial charge in [0.15, 0.2) is 0 Å².